The van der Waals surface area contributed by atoms with Gasteiger partial charge in [0.05, 0.1) is 35.4 Å². The Bertz CT molecular complexity index is 1130. The lowest BCUT2D eigenvalue weighted by Gasteiger charge is -2.23. The molecule has 0 aliphatic carbocycles. The van der Waals surface area contributed by atoms with Gasteiger partial charge in [0.25, 0.3) is 11.1 Å². The Morgan fingerprint density at radius 3 is 2.67 bits per heavy atom. The molecule has 1 aromatic heterocycles. The number of thioether (sulfide) groups is 1. The normalized spacial score (nSPS) is 13.9. The number of anilines is 2. The third-order valence-electron chi connectivity index (χ3n) is 5.12. The molecule has 1 aliphatic rings. The second-order valence-corrected chi connectivity index (χ2v) is 8.26. The van der Waals surface area contributed by atoms with E-state index in [1.807, 2.05) is 17.0 Å². The number of carbonyl (C=O) groups excluding carboxylic acids is 1. The molecule has 0 saturated carbocycles. The number of hydrogen-bond donors (Lipinski definition) is 1. The highest BCUT2D eigenvalue weighted by molar-refractivity contribution is 7.99. The molecule has 0 radical (unpaired) electrons. The number of benzene rings is 2. The van der Waals surface area contributed by atoms with Crippen molar-refractivity contribution in [3.63, 3.8) is 0 Å². The topological polar surface area (TPSA) is 80.5 Å². The summed E-state index contributed by atoms with van der Waals surface area (Å²) in [6.45, 7) is 1.29. The van der Waals surface area contributed by atoms with Crippen molar-refractivity contribution in [2.45, 2.75) is 24.2 Å². The van der Waals surface area contributed by atoms with Crippen LogP contribution in [0.4, 0.5) is 24.5 Å². The zero-order valence-electron chi connectivity index (χ0n) is 17.7. The summed E-state index contributed by atoms with van der Waals surface area (Å²) in [5, 5.41) is 10.8. The number of para-hydroxylation sites is 1. The maximum absolute atomic E-state index is 13.2. The van der Waals surface area contributed by atoms with Crippen molar-refractivity contribution in [2.24, 2.45) is 0 Å². The minimum atomic E-state index is -4.45. The van der Waals surface area contributed by atoms with Gasteiger partial charge in [0.2, 0.25) is 5.91 Å². The van der Waals surface area contributed by atoms with Gasteiger partial charge in [-0.1, -0.05) is 23.9 Å². The minimum Gasteiger partial charge on any atom is -0.496 e. The summed E-state index contributed by atoms with van der Waals surface area (Å²) in [5.74, 6) is 0.396. The summed E-state index contributed by atoms with van der Waals surface area (Å²) in [5.41, 5.74) is 0.600. The van der Waals surface area contributed by atoms with Crippen LogP contribution in [0, 0.1) is 0 Å². The number of halogens is 3. The highest BCUT2D eigenvalue weighted by atomic mass is 32.2. The van der Waals surface area contributed by atoms with Crippen LogP contribution in [0.25, 0.3) is 11.5 Å². The number of alkyl halides is 3. The van der Waals surface area contributed by atoms with Crippen LogP contribution in [-0.4, -0.2) is 42.1 Å². The summed E-state index contributed by atoms with van der Waals surface area (Å²) in [4.78, 5) is 14.4. The van der Waals surface area contributed by atoms with Crippen LogP contribution in [0.1, 0.15) is 18.4 Å². The molecule has 0 unspecified atom stereocenters. The van der Waals surface area contributed by atoms with Crippen molar-refractivity contribution in [1.82, 2.24) is 10.2 Å². The highest BCUT2D eigenvalue weighted by Crippen LogP contribution is 2.37. The van der Waals surface area contributed by atoms with Crippen molar-refractivity contribution < 1.29 is 27.1 Å². The van der Waals surface area contributed by atoms with E-state index in [9.17, 15) is 18.0 Å². The van der Waals surface area contributed by atoms with Crippen LogP contribution >= 0.6 is 11.8 Å². The fraction of sp³-hybridized carbons (Fsp3) is 0.318. The summed E-state index contributed by atoms with van der Waals surface area (Å²) in [7, 11) is 1.53. The number of rotatable bonds is 7. The van der Waals surface area contributed by atoms with Gasteiger partial charge in [0.15, 0.2) is 0 Å². The molecule has 1 aliphatic heterocycles. The first-order valence-electron chi connectivity index (χ1n) is 10.2. The van der Waals surface area contributed by atoms with E-state index in [4.69, 9.17) is 9.15 Å². The van der Waals surface area contributed by atoms with Crippen LogP contribution in [-0.2, 0) is 11.0 Å². The van der Waals surface area contributed by atoms with Gasteiger partial charge in [-0.05, 0) is 43.2 Å². The number of aromatic nitrogens is 2. The average molecular weight is 478 g/mol. The average Bonchev–Trinajstić information content (AvgIpc) is 3.49. The van der Waals surface area contributed by atoms with Crippen LogP contribution in [0.2, 0.25) is 0 Å². The molecular weight excluding hydrogens is 457 g/mol. The SMILES string of the molecule is COc1ccccc1-c1nnc(SCC(=O)Nc2ccc(C(F)(F)F)cc2N2CCCC2)o1. The van der Waals surface area contributed by atoms with Gasteiger partial charge in [-0.2, -0.15) is 13.2 Å². The van der Waals surface area contributed by atoms with Crippen molar-refractivity contribution in [3.8, 4) is 17.2 Å². The zero-order chi connectivity index (χ0) is 23.4. The van der Waals surface area contributed by atoms with Crippen LogP contribution in [0.5, 0.6) is 5.75 Å². The van der Waals surface area contributed by atoms with Crippen molar-refractivity contribution in [1.29, 1.82) is 0 Å². The molecule has 33 heavy (non-hydrogen) atoms. The molecule has 1 saturated heterocycles. The first kappa shape index (κ1) is 23.0. The predicted octanol–water partition coefficient (Wildman–Crippen LogP) is 5.10. The Morgan fingerprint density at radius 2 is 1.94 bits per heavy atom. The molecule has 0 bridgehead atoms. The van der Waals surface area contributed by atoms with E-state index in [-0.39, 0.29) is 16.9 Å². The van der Waals surface area contributed by atoms with E-state index in [2.05, 4.69) is 15.5 Å². The fourth-order valence-electron chi connectivity index (χ4n) is 3.55. The number of nitrogens with one attached hydrogen (secondary N) is 1. The molecule has 7 nitrogen and oxygen atoms in total. The van der Waals surface area contributed by atoms with E-state index < -0.39 is 17.6 Å². The zero-order valence-corrected chi connectivity index (χ0v) is 18.5. The van der Waals surface area contributed by atoms with Gasteiger partial charge in [-0.3, -0.25) is 4.79 Å². The first-order valence-corrected chi connectivity index (χ1v) is 11.2. The molecule has 1 amide bonds. The molecule has 0 spiro atoms. The molecule has 3 aromatic rings. The second kappa shape index (κ2) is 9.74. The Morgan fingerprint density at radius 1 is 1.18 bits per heavy atom. The van der Waals surface area contributed by atoms with Gasteiger partial charge >= 0.3 is 6.18 Å². The van der Waals surface area contributed by atoms with Gasteiger partial charge in [-0.25, -0.2) is 0 Å². The second-order valence-electron chi connectivity index (χ2n) is 7.33. The van der Waals surface area contributed by atoms with Crippen LogP contribution < -0.4 is 15.0 Å². The molecule has 4 rings (SSSR count). The maximum Gasteiger partial charge on any atom is 0.416 e. The van der Waals surface area contributed by atoms with Gasteiger partial charge in [0, 0.05) is 13.1 Å². The minimum absolute atomic E-state index is 0.0476. The first-order chi connectivity index (χ1) is 15.8. The van der Waals surface area contributed by atoms with E-state index >= 15 is 0 Å². The highest BCUT2D eigenvalue weighted by Gasteiger charge is 2.32. The maximum atomic E-state index is 13.2. The molecule has 174 valence electrons. The van der Waals surface area contributed by atoms with Crippen LogP contribution in [0.3, 0.4) is 0 Å². The molecule has 1 fully saturated rings. The Kier molecular flexibility index (Phi) is 6.77. The lowest BCUT2D eigenvalue weighted by atomic mass is 10.1. The number of carbonyl (C=O) groups is 1. The summed E-state index contributed by atoms with van der Waals surface area (Å²) in [6, 6.07) is 10.5. The Balaban J connectivity index is 1.44. The Labute approximate surface area is 192 Å². The summed E-state index contributed by atoms with van der Waals surface area (Å²) >= 11 is 1.04. The van der Waals surface area contributed by atoms with E-state index in [0.29, 0.717) is 35.8 Å². The molecule has 0 atom stereocenters. The van der Waals surface area contributed by atoms with Gasteiger partial charge in [-0.15, -0.1) is 10.2 Å². The van der Waals surface area contributed by atoms with Gasteiger partial charge in [0.1, 0.15) is 5.75 Å². The molecular formula is C22H21F3N4O3S. The van der Waals surface area contributed by atoms with E-state index in [1.54, 1.807) is 12.1 Å². The summed E-state index contributed by atoms with van der Waals surface area (Å²) < 4.78 is 50.5. The largest absolute Gasteiger partial charge is 0.496 e. The standard InChI is InChI=1S/C22H21F3N4O3S/c1-31-18-7-3-2-6-15(18)20-27-28-21(32-20)33-13-19(30)26-16-9-8-14(22(23,24)25)12-17(16)29-10-4-5-11-29/h2-3,6-9,12H,4-5,10-11,13H2,1H3,(H,26,30). The summed E-state index contributed by atoms with van der Waals surface area (Å²) in [6.07, 6.45) is -2.67. The number of methoxy groups -OCH3 is 1. The lowest BCUT2D eigenvalue weighted by molar-refractivity contribution is -0.137. The predicted molar refractivity (Wildman–Crippen MR) is 119 cm³/mol. The van der Waals surface area contributed by atoms with E-state index in [0.717, 1.165) is 36.7 Å². The van der Waals surface area contributed by atoms with E-state index in [1.165, 1.54) is 13.2 Å². The molecule has 2 heterocycles. The smallest absolute Gasteiger partial charge is 0.416 e. The third kappa shape index (κ3) is 5.41. The third-order valence-corrected chi connectivity index (χ3v) is 5.93. The quantitative estimate of drug-likeness (QED) is 0.474. The fourth-order valence-corrected chi connectivity index (χ4v) is 4.11. The lowest BCUT2D eigenvalue weighted by Crippen LogP contribution is -2.22. The van der Waals surface area contributed by atoms with Gasteiger partial charge < -0.3 is 19.4 Å². The monoisotopic (exact) mass is 478 g/mol. The van der Waals surface area contributed by atoms with Crippen molar-refractivity contribution in [2.75, 3.05) is 36.2 Å². The number of hydrogen-bond acceptors (Lipinski definition) is 7. The number of ether oxygens (including phenoxy) is 1. The number of amides is 1. The molecule has 2 aromatic carbocycles. The molecule has 1 N–H and O–H groups in total. The van der Waals surface area contributed by atoms with Crippen molar-refractivity contribution >= 4 is 29.0 Å². The van der Waals surface area contributed by atoms with Crippen molar-refractivity contribution in [3.05, 3.63) is 48.0 Å². The Hall–Kier alpha value is -3.21. The van der Waals surface area contributed by atoms with Crippen LogP contribution in [0.15, 0.2) is 52.1 Å². The number of nitrogens with zero attached hydrogens (tertiary/aromatic N) is 3. The molecule has 11 heteroatoms.